The second-order valence-corrected chi connectivity index (χ2v) is 0. The van der Waals surface area contributed by atoms with Gasteiger partial charge >= 0.3 is 39.9 Å². The molecule has 0 N–H and O–H groups in total. The molecular formula is HLiMoS2. The van der Waals surface area contributed by atoms with Gasteiger partial charge in [0.1, 0.15) is 0 Å². The van der Waals surface area contributed by atoms with Gasteiger partial charge < -0.3 is 27.0 Å². The van der Waals surface area contributed by atoms with Crippen LogP contribution in [0.3, 0.4) is 0 Å². The van der Waals surface area contributed by atoms with Crippen LogP contribution in [0.25, 0.3) is 0 Å². The summed E-state index contributed by atoms with van der Waals surface area (Å²) in [6, 6.07) is 0. The first-order chi connectivity index (χ1) is 0. The topological polar surface area (TPSA) is 0 Å². The maximum Gasteiger partial charge on any atom is 4.00 e. The van der Waals surface area contributed by atoms with Crippen molar-refractivity contribution in [2.75, 3.05) is 0 Å². The predicted molar refractivity (Wildman–Crippen MR) is 21.9 cm³/mol. The Morgan fingerprint density at radius 3 is 0.750 bits per heavy atom. The third-order valence-corrected chi connectivity index (χ3v) is 0. The first kappa shape index (κ1) is 37.7. The van der Waals surface area contributed by atoms with Gasteiger partial charge in [-0.15, -0.1) is 0 Å². The average Bonchev–Trinajstić information content (AvgIpc) is 0. The molecule has 0 heterocycles. The summed E-state index contributed by atoms with van der Waals surface area (Å²) in [5.41, 5.74) is 0. The molecule has 0 fully saturated rings. The summed E-state index contributed by atoms with van der Waals surface area (Å²) in [5.74, 6) is 0. The Kier molecular flexibility index (Phi) is 189. The molecule has 0 spiro atoms. The van der Waals surface area contributed by atoms with Crippen molar-refractivity contribution in [3.05, 3.63) is 0 Å². The van der Waals surface area contributed by atoms with Crippen molar-refractivity contribution in [2.45, 2.75) is 0 Å². The molecule has 0 aromatic carbocycles. The van der Waals surface area contributed by atoms with Gasteiger partial charge in [0.2, 0.25) is 0 Å². The molecule has 0 aliphatic carbocycles. The zero-order valence-electron chi connectivity index (χ0n) is 1.22. The second kappa shape index (κ2) is 20.1. The fraction of sp³-hybridized carbons (Fsp3) is 0. The number of rotatable bonds is 0. The summed E-state index contributed by atoms with van der Waals surface area (Å²) in [6.45, 7) is 0. The summed E-state index contributed by atoms with van der Waals surface area (Å²) in [6.07, 6.45) is 0. The van der Waals surface area contributed by atoms with Crippen molar-refractivity contribution in [3.8, 4) is 0 Å². The Labute approximate surface area is 66.4 Å². The third-order valence-electron chi connectivity index (χ3n) is 0. The minimum atomic E-state index is 0. The van der Waals surface area contributed by atoms with Crippen LogP contribution < -0.4 is 0 Å². The van der Waals surface area contributed by atoms with Gasteiger partial charge in [0, 0.05) is 0 Å². The smallest absolute Gasteiger partial charge is 2.00 e. The van der Waals surface area contributed by atoms with E-state index >= 15 is 0 Å². The Morgan fingerprint density at radius 2 is 0.750 bits per heavy atom. The number of hydrogen-bond donors (Lipinski definition) is 0. The Balaban J connectivity index is 0. The Hall–Kier alpha value is 1.99. The largest absolute Gasteiger partial charge is 4.00 e. The van der Waals surface area contributed by atoms with Crippen molar-refractivity contribution >= 4 is 45.9 Å². The van der Waals surface area contributed by atoms with Crippen molar-refractivity contribution in [1.82, 2.24) is 0 Å². The summed E-state index contributed by atoms with van der Waals surface area (Å²) < 4.78 is 0. The van der Waals surface area contributed by atoms with E-state index < -0.39 is 0 Å². The van der Waals surface area contributed by atoms with Gasteiger partial charge in [-0.05, 0) is 0 Å². The van der Waals surface area contributed by atoms with E-state index in [0.717, 1.165) is 0 Å². The van der Waals surface area contributed by atoms with E-state index in [1.807, 2.05) is 0 Å². The van der Waals surface area contributed by atoms with Crippen molar-refractivity contribution in [3.63, 3.8) is 0 Å². The molecule has 4 heteroatoms. The Bertz CT molecular complexity index is 6.00. The van der Waals surface area contributed by atoms with Gasteiger partial charge in [-0.1, -0.05) is 0 Å². The standard InChI is InChI=1S/Li.Mo.2S.H/q;+4;2*-2;. The molecule has 0 aromatic heterocycles. The molecule has 4 heavy (non-hydrogen) atoms. The molecule has 0 atom stereocenters. The molecule has 0 aliphatic heterocycles. The van der Waals surface area contributed by atoms with Gasteiger partial charge in [0.05, 0.1) is 0 Å². The third kappa shape index (κ3) is 9.01. The van der Waals surface area contributed by atoms with E-state index in [0.29, 0.717) is 0 Å². The van der Waals surface area contributed by atoms with Crippen molar-refractivity contribution in [1.29, 1.82) is 0 Å². The molecule has 0 rings (SSSR count). The molecule has 0 aromatic rings. The average molecular weight is 168 g/mol. The SMILES string of the molecule is [LiH].[Mo+4].[S-2].[S-2]. The maximum absolute atomic E-state index is 0. The summed E-state index contributed by atoms with van der Waals surface area (Å²) in [4.78, 5) is 0. The first-order valence-corrected chi connectivity index (χ1v) is 0. The molecule has 0 radical (unpaired) electrons. The van der Waals surface area contributed by atoms with E-state index in [4.69, 9.17) is 0 Å². The zero-order valence-corrected chi connectivity index (χ0v) is 4.86. The fourth-order valence-electron chi connectivity index (χ4n) is 0. The van der Waals surface area contributed by atoms with Crippen LogP contribution in [0.4, 0.5) is 0 Å². The van der Waals surface area contributed by atoms with Gasteiger partial charge in [0.25, 0.3) is 0 Å². The Morgan fingerprint density at radius 1 is 0.750 bits per heavy atom. The van der Waals surface area contributed by atoms with Gasteiger partial charge in [0.15, 0.2) is 0 Å². The van der Waals surface area contributed by atoms with Crippen LogP contribution in [0.2, 0.25) is 0 Å². The molecule has 0 amide bonds. The van der Waals surface area contributed by atoms with Crippen LogP contribution in [-0.4, -0.2) is 18.9 Å². The van der Waals surface area contributed by atoms with Crippen LogP contribution in [0.15, 0.2) is 0 Å². The van der Waals surface area contributed by atoms with E-state index in [1.165, 1.54) is 0 Å². The monoisotopic (exact) mass is 170 g/mol. The molecular weight excluding hydrogens is 167 g/mol. The van der Waals surface area contributed by atoms with Crippen molar-refractivity contribution in [2.24, 2.45) is 0 Å². The minimum Gasteiger partial charge on any atom is -2.00 e. The quantitative estimate of drug-likeness (QED) is 0.421. The molecule has 0 nitrogen and oxygen atoms in total. The molecule has 0 saturated carbocycles. The van der Waals surface area contributed by atoms with Crippen molar-refractivity contribution < 1.29 is 21.1 Å². The maximum atomic E-state index is 0. The summed E-state index contributed by atoms with van der Waals surface area (Å²) in [5, 5.41) is 0. The predicted octanol–water partition coefficient (Wildman–Crippen LogP) is -0.656. The fourth-order valence-corrected chi connectivity index (χ4v) is 0. The van der Waals surface area contributed by atoms with Crippen LogP contribution in [-0.2, 0) is 48.1 Å². The van der Waals surface area contributed by atoms with E-state index in [9.17, 15) is 0 Å². The van der Waals surface area contributed by atoms with E-state index in [-0.39, 0.29) is 66.9 Å². The summed E-state index contributed by atoms with van der Waals surface area (Å²) in [7, 11) is 0. The molecule has 0 unspecified atom stereocenters. The second-order valence-electron chi connectivity index (χ2n) is 0. The van der Waals surface area contributed by atoms with Crippen LogP contribution >= 0.6 is 0 Å². The minimum absolute atomic E-state index is 0. The van der Waals surface area contributed by atoms with Gasteiger partial charge in [-0.25, -0.2) is 0 Å². The van der Waals surface area contributed by atoms with E-state index in [2.05, 4.69) is 0 Å². The van der Waals surface area contributed by atoms with Gasteiger partial charge in [-0.2, -0.15) is 0 Å². The molecule has 20 valence electrons. The normalized spacial score (nSPS) is 0. The molecule has 0 saturated heterocycles. The number of hydrogen-bond acceptors (Lipinski definition) is 0. The van der Waals surface area contributed by atoms with Crippen LogP contribution in [0, 0.1) is 0 Å². The molecule has 0 aliphatic rings. The van der Waals surface area contributed by atoms with Crippen LogP contribution in [0.1, 0.15) is 0 Å². The van der Waals surface area contributed by atoms with Gasteiger partial charge in [-0.3, -0.25) is 0 Å². The van der Waals surface area contributed by atoms with E-state index in [1.54, 1.807) is 0 Å². The first-order valence-electron chi connectivity index (χ1n) is 0. The molecule has 0 bridgehead atoms. The summed E-state index contributed by atoms with van der Waals surface area (Å²) >= 11 is 0. The zero-order chi connectivity index (χ0) is 0. The van der Waals surface area contributed by atoms with Crippen LogP contribution in [0.5, 0.6) is 0 Å².